The van der Waals surface area contributed by atoms with Crippen LogP contribution in [-0.4, -0.2) is 25.6 Å². The second kappa shape index (κ2) is 9.79. The van der Waals surface area contributed by atoms with E-state index in [4.69, 9.17) is 10.5 Å². The highest BCUT2D eigenvalue weighted by Gasteiger charge is 2.31. The Bertz CT molecular complexity index is 1220. The van der Waals surface area contributed by atoms with Crippen LogP contribution in [0.3, 0.4) is 0 Å². The Labute approximate surface area is 194 Å². The van der Waals surface area contributed by atoms with Gasteiger partial charge < -0.3 is 20.5 Å². The van der Waals surface area contributed by atoms with Crippen LogP contribution in [0, 0.1) is 11.8 Å². The highest BCUT2D eigenvalue weighted by atomic mass is 19.4. The zero-order chi connectivity index (χ0) is 24.1. The van der Waals surface area contributed by atoms with E-state index in [9.17, 15) is 18.0 Å². The summed E-state index contributed by atoms with van der Waals surface area (Å²) in [5.74, 6) is 5.16. The van der Waals surface area contributed by atoms with Crippen LogP contribution in [0.15, 0.2) is 66.7 Å². The van der Waals surface area contributed by atoms with Gasteiger partial charge in [0, 0.05) is 30.5 Å². The lowest BCUT2D eigenvalue weighted by atomic mass is 9.98. The Morgan fingerprint density at radius 3 is 2.26 bits per heavy atom. The number of alkyl carbamates (subject to hydrolysis) is 1. The normalized spacial score (nSPS) is 12.2. The molecule has 0 saturated heterocycles. The van der Waals surface area contributed by atoms with Crippen LogP contribution < -0.4 is 15.8 Å². The van der Waals surface area contributed by atoms with Gasteiger partial charge in [0.05, 0.1) is 5.69 Å². The molecule has 0 heterocycles. The molecule has 174 valence electrons. The van der Waals surface area contributed by atoms with Gasteiger partial charge in [0.1, 0.15) is 12.4 Å². The van der Waals surface area contributed by atoms with Gasteiger partial charge in [-0.1, -0.05) is 60.4 Å². The zero-order valence-corrected chi connectivity index (χ0v) is 18.0. The predicted octanol–water partition coefficient (Wildman–Crippen LogP) is 5.45. The van der Waals surface area contributed by atoms with E-state index >= 15 is 0 Å². The summed E-state index contributed by atoms with van der Waals surface area (Å²) in [4.78, 5) is 12.2. The maximum absolute atomic E-state index is 12.3. The molecule has 1 amide bonds. The molecule has 8 heteroatoms. The minimum absolute atomic E-state index is 0.0230. The van der Waals surface area contributed by atoms with Gasteiger partial charge in [-0.05, 0) is 34.4 Å². The molecule has 0 fully saturated rings. The molecule has 5 nitrogen and oxygen atoms in total. The second-order valence-electron chi connectivity index (χ2n) is 7.60. The number of hydrogen-bond acceptors (Lipinski definition) is 4. The number of carbonyl (C=O) groups is 1. The third-order valence-electron chi connectivity index (χ3n) is 5.34. The summed E-state index contributed by atoms with van der Waals surface area (Å²) < 4.78 is 46.1. The SMILES string of the molecule is Nc1cc(OC(F)(F)F)ccc1C#CCCNC(=O)OCC1c2ccccc2-c2ccccc21. The molecule has 0 bridgehead atoms. The standard InChI is InChI=1S/C26H21F3N2O3/c27-26(28,29)34-18-13-12-17(24(30)15-18)7-5-6-14-31-25(32)33-16-23-21-10-3-1-8-19(21)20-9-2-4-11-22(20)23/h1-4,8-13,15,23H,6,14,16,30H2,(H,31,32). The molecule has 0 spiro atoms. The van der Waals surface area contributed by atoms with Crippen LogP contribution in [-0.2, 0) is 4.74 Å². The summed E-state index contributed by atoms with van der Waals surface area (Å²) in [6.45, 7) is 0.466. The number of rotatable bonds is 5. The van der Waals surface area contributed by atoms with E-state index in [1.54, 1.807) is 0 Å². The van der Waals surface area contributed by atoms with Crippen LogP contribution >= 0.6 is 0 Å². The van der Waals surface area contributed by atoms with Gasteiger partial charge in [0.2, 0.25) is 0 Å². The Morgan fingerprint density at radius 2 is 1.65 bits per heavy atom. The lowest BCUT2D eigenvalue weighted by Gasteiger charge is -2.14. The maximum Gasteiger partial charge on any atom is 0.573 e. The number of benzene rings is 3. The Kier molecular flexibility index (Phi) is 6.64. The molecule has 0 atom stereocenters. The van der Waals surface area contributed by atoms with Gasteiger partial charge in [-0.25, -0.2) is 4.79 Å². The van der Waals surface area contributed by atoms with E-state index in [2.05, 4.69) is 34.0 Å². The number of carbonyl (C=O) groups excluding carboxylic acids is 1. The number of hydrogen-bond donors (Lipinski definition) is 2. The Morgan fingerprint density at radius 1 is 1.00 bits per heavy atom. The van der Waals surface area contributed by atoms with Crippen LogP contribution in [0.5, 0.6) is 5.75 Å². The molecule has 0 radical (unpaired) electrons. The van der Waals surface area contributed by atoms with E-state index in [1.807, 2.05) is 36.4 Å². The molecule has 1 aliphatic carbocycles. The van der Waals surface area contributed by atoms with Crippen molar-refractivity contribution in [1.29, 1.82) is 0 Å². The molecule has 3 N–H and O–H groups in total. The number of nitrogens with one attached hydrogen (secondary N) is 1. The van der Waals surface area contributed by atoms with Crippen molar-refractivity contribution in [3.63, 3.8) is 0 Å². The van der Waals surface area contributed by atoms with E-state index in [-0.39, 0.29) is 24.8 Å². The third-order valence-corrected chi connectivity index (χ3v) is 5.34. The fraction of sp³-hybridized carbons (Fsp3) is 0.192. The monoisotopic (exact) mass is 466 g/mol. The Balaban J connectivity index is 1.26. The van der Waals surface area contributed by atoms with Gasteiger partial charge >= 0.3 is 12.5 Å². The van der Waals surface area contributed by atoms with Gasteiger partial charge in [-0.15, -0.1) is 13.2 Å². The largest absolute Gasteiger partial charge is 0.573 e. The van der Waals surface area contributed by atoms with Gasteiger partial charge in [0.25, 0.3) is 0 Å². The predicted molar refractivity (Wildman–Crippen MR) is 122 cm³/mol. The maximum atomic E-state index is 12.3. The molecule has 0 aromatic heterocycles. The van der Waals surface area contributed by atoms with Crippen molar-refractivity contribution < 1.29 is 27.4 Å². The molecule has 0 aliphatic heterocycles. The topological polar surface area (TPSA) is 73.6 Å². The first-order valence-corrected chi connectivity index (χ1v) is 10.5. The molecule has 1 aliphatic rings. The fourth-order valence-electron chi connectivity index (χ4n) is 3.89. The van der Waals surface area contributed by atoms with Crippen molar-refractivity contribution in [3.8, 4) is 28.7 Å². The third kappa shape index (κ3) is 5.44. The van der Waals surface area contributed by atoms with Crippen molar-refractivity contribution in [1.82, 2.24) is 5.32 Å². The number of amides is 1. The number of alkyl halides is 3. The molecule has 34 heavy (non-hydrogen) atoms. The van der Waals surface area contributed by atoms with Crippen LogP contribution in [0.25, 0.3) is 11.1 Å². The van der Waals surface area contributed by atoms with Gasteiger partial charge in [0.15, 0.2) is 0 Å². The molecule has 4 rings (SSSR count). The van der Waals surface area contributed by atoms with Gasteiger partial charge in [-0.2, -0.15) is 0 Å². The minimum atomic E-state index is -4.79. The second-order valence-corrected chi connectivity index (χ2v) is 7.60. The molecule has 0 unspecified atom stereocenters. The number of halogens is 3. The summed E-state index contributed by atoms with van der Waals surface area (Å²) in [7, 11) is 0. The lowest BCUT2D eigenvalue weighted by molar-refractivity contribution is -0.274. The van der Waals surface area contributed by atoms with Crippen molar-refractivity contribution in [2.45, 2.75) is 18.7 Å². The highest BCUT2D eigenvalue weighted by molar-refractivity contribution is 5.79. The first kappa shape index (κ1) is 23.1. The molecule has 3 aromatic carbocycles. The number of anilines is 1. The van der Waals surface area contributed by atoms with Crippen molar-refractivity contribution >= 4 is 11.8 Å². The average Bonchev–Trinajstić information content (AvgIpc) is 3.11. The summed E-state index contributed by atoms with van der Waals surface area (Å²) in [6.07, 6.45) is -5.02. The Hall–Kier alpha value is -4.12. The summed E-state index contributed by atoms with van der Waals surface area (Å²) in [5.41, 5.74) is 10.7. The molecule has 0 saturated carbocycles. The lowest BCUT2D eigenvalue weighted by Crippen LogP contribution is -2.26. The number of nitrogens with two attached hydrogens (primary N) is 1. The average molecular weight is 466 g/mol. The zero-order valence-electron chi connectivity index (χ0n) is 18.0. The molecular weight excluding hydrogens is 445 g/mol. The summed E-state index contributed by atoms with van der Waals surface area (Å²) in [6, 6.07) is 19.7. The van der Waals surface area contributed by atoms with E-state index in [1.165, 1.54) is 6.07 Å². The quantitative estimate of drug-likeness (QED) is 0.298. The van der Waals surface area contributed by atoms with Crippen molar-refractivity contribution in [2.75, 3.05) is 18.9 Å². The number of ether oxygens (including phenoxy) is 2. The first-order valence-electron chi connectivity index (χ1n) is 10.5. The first-order chi connectivity index (χ1) is 16.3. The number of fused-ring (bicyclic) bond motifs is 3. The van der Waals surface area contributed by atoms with Crippen molar-refractivity contribution in [2.24, 2.45) is 0 Å². The summed E-state index contributed by atoms with van der Waals surface area (Å²) in [5, 5.41) is 2.65. The summed E-state index contributed by atoms with van der Waals surface area (Å²) >= 11 is 0. The van der Waals surface area contributed by atoms with E-state index < -0.39 is 18.2 Å². The van der Waals surface area contributed by atoms with E-state index in [0.29, 0.717) is 12.0 Å². The minimum Gasteiger partial charge on any atom is -0.449 e. The van der Waals surface area contributed by atoms with Gasteiger partial charge in [-0.3, -0.25) is 0 Å². The van der Waals surface area contributed by atoms with Crippen LogP contribution in [0.4, 0.5) is 23.7 Å². The van der Waals surface area contributed by atoms with Crippen molar-refractivity contribution in [3.05, 3.63) is 83.4 Å². The van der Waals surface area contributed by atoms with E-state index in [0.717, 1.165) is 34.4 Å². The highest BCUT2D eigenvalue weighted by Crippen LogP contribution is 2.44. The molecular formula is C26H21F3N2O3. The van der Waals surface area contributed by atoms with Crippen LogP contribution in [0.1, 0.15) is 29.0 Å². The number of nitrogen functional groups attached to an aromatic ring is 1. The van der Waals surface area contributed by atoms with Crippen LogP contribution in [0.2, 0.25) is 0 Å². The molecule has 3 aromatic rings. The fourth-order valence-corrected chi connectivity index (χ4v) is 3.89. The smallest absolute Gasteiger partial charge is 0.449 e.